The number of pyridine rings is 1. The van der Waals surface area contributed by atoms with Crippen molar-refractivity contribution in [2.24, 2.45) is 0 Å². The molecule has 0 saturated heterocycles. The van der Waals surface area contributed by atoms with Crippen LogP contribution in [0.4, 0.5) is 23.4 Å². The third-order valence-corrected chi connectivity index (χ3v) is 1.18. The van der Waals surface area contributed by atoms with Crippen molar-refractivity contribution in [2.75, 3.05) is 5.73 Å². The van der Waals surface area contributed by atoms with E-state index in [1.807, 2.05) is 0 Å². The molecule has 0 aliphatic carbocycles. The van der Waals surface area contributed by atoms with Crippen LogP contribution >= 0.6 is 0 Å². The first kappa shape index (κ1) is 8.76. The van der Waals surface area contributed by atoms with Crippen molar-refractivity contribution in [3.05, 3.63) is 23.6 Å². The normalized spacial score (nSPS) is 11.7. The molecule has 1 heterocycles. The van der Waals surface area contributed by atoms with E-state index in [1.54, 1.807) is 0 Å². The molecule has 1 aromatic rings. The van der Waals surface area contributed by atoms with E-state index in [1.165, 1.54) is 0 Å². The topological polar surface area (TPSA) is 38.9 Å². The van der Waals surface area contributed by atoms with E-state index < -0.39 is 17.6 Å². The summed E-state index contributed by atoms with van der Waals surface area (Å²) < 4.78 is 48.1. The van der Waals surface area contributed by atoms with Gasteiger partial charge in [0.1, 0.15) is 5.82 Å². The number of nitrogens with two attached hydrogens (primary N) is 1. The maximum atomic E-state index is 12.4. The molecule has 1 rings (SSSR count). The minimum absolute atomic E-state index is 0.358. The van der Waals surface area contributed by atoms with Crippen LogP contribution in [0.3, 0.4) is 0 Å². The predicted octanol–water partition coefficient (Wildman–Crippen LogP) is 1.82. The molecule has 6 heteroatoms. The lowest BCUT2D eigenvalue weighted by molar-refractivity contribution is -0.140. The summed E-state index contributed by atoms with van der Waals surface area (Å²) in [6.45, 7) is 0. The van der Waals surface area contributed by atoms with E-state index >= 15 is 0 Å². The molecule has 12 heavy (non-hydrogen) atoms. The van der Waals surface area contributed by atoms with Crippen LogP contribution in [-0.4, -0.2) is 4.98 Å². The van der Waals surface area contributed by atoms with E-state index in [0.29, 0.717) is 12.3 Å². The maximum Gasteiger partial charge on any atom is 0.419 e. The lowest BCUT2D eigenvalue weighted by Crippen LogP contribution is -2.09. The van der Waals surface area contributed by atoms with Crippen LogP contribution in [0.2, 0.25) is 0 Å². The van der Waals surface area contributed by atoms with Gasteiger partial charge in [-0.15, -0.1) is 0 Å². The summed E-state index contributed by atoms with van der Waals surface area (Å²) in [7, 11) is 0. The molecule has 1 aromatic heterocycles. The molecule has 0 radical (unpaired) electrons. The van der Waals surface area contributed by atoms with Crippen molar-refractivity contribution < 1.29 is 17.6 Å². The summed E-state index contributed by atoms with van der Waals surface area (Å²) >= 11 is 0. The number of alkyl halides is 3. The van der Waals surface area contributed by atoms with Crippen LogP contribution < -0.4 is 5.73 Å². The van der Waals surface area contributed by atoms with Crippen molar-refractivity contribution in [1.82, 2.24) is 4.98 Å². The Bertz CT molecular complexity index is 294. The smallest absolute Gasteiger partial charge is 0.384 e. The molecule has 2 nitrogen and oxygen atoms in total. The van der Waals surface area contributed by atoms with E-state index in [2.05, 4.69) is 4.98 Å². The van der Waals surface area contributed by atoms with Crippen LogP contribution in [0.15, 0.2) is 12.3 Å². The molecule has 0 unspecified atom stereocenters. The first-order valence-corrected chi connectivity index (χ1v) is 2.89. The Morgan fingerprint density at radius 2 is 1.92 bits per heavy atom. The fourth-order valence-corrected chi connectivity index (χ4v) is 0.672. The van der Waals surface area contributed by atoms with Gasteiger partial charge in [0.2, 0.25) is 0 Å². The first-order valence-electron chi connectivity index (χ1n) is 2.89. The Morgan fingerprint density at radius 3 is 2.33 bits per heavy atom. The summed E-state index contributed by atoms with van der Waals surface area (Å²) in [5.74, 6) is -1.78. The Morgan fingerprint density at radius 1 is 1.33 bits per heavy atom. The molecule has 0 fully saturated rings. The third-order valence-electron chi connectivity index (χ3n) is 1.18. The molecule has 0 atom stereocenters. The summed E-state index contributed by atoms with van der Waals surface area (Å²) in [4.78, 5) is 3.16. The Balaban J connectivity index is 3.23. The average molecular weight is 180 g/mol. The number of rotatable bonds is 0. The van der Waals surface area contributed by atoms with Crippen LogP contribution in [0.5, 0.6) is 0 Å². The number of hydrogen-bond acceptors (Lipinski definition) is 2. The highest BCUT2D eigenvalue weighted by molar-refractivity contribution is 5.34. The minimum atomic E-state index is -4.72. The van der Waals surface area contributed by atoms with Gasteiger partial charge in [-0.1, -0.05) is 0 Å². The Hall–Kier alpha value is -1.33. The molecule has 2 N–H and O–H groups in total. The van der Waals surface area contributed by atoms with Crippen molar-refractivity contribution >= 4 is 5.82 Å². The first-order chi connectivity index (χ1) is 5.41. The van der Waals surface area contributed by atoms with Crippen molar-refractivity contribution in [1.29, 1.82) is 0 Å². The van der Waals surface area contributed by atoms with Gasteiger partial charge in [0.05, 0.1) is 11.8 Å². The lowest BCUT2D eigenvalue weighted by Gasteiger charge is -2.07. The molecule has 0 spiro atoms. The monoisotopic (exact) mass is 180 g/mol. The third kappa shape index (κ3) is 1.63. The van der Waals surface area contributed by atoms with Crippen molar-refractivity contribution in [2.45, 2.75) is 6.18 Å². The van der Waals surface area contributed by atoms with Crippen LogP contribution in [-0.2, 0) is 6.18 Å². The second-order valence-electron chi connectivity index (χ2n) is 2.09. The van der Waals surface area contributed by atoms with Crippen LogP contribution in [0.25, 0.3) is 0 Å². The van der Waals surface area contributed by atoms with Crippen LogP contribution in [0.1, 0.15) is 5.56 Å². The molecule has 0 bridgehead atoms. The van der Waals surface area contributed by atoms with Gasteiger partial charge in [0, 0.05) is 0 Å². The fraction of sp³-hybridized carbons (Fsp3) is 0.167. The number of anilines is 1. The van der Waals surface area contributed by atoms with E-state index in [9.17, 15) is 17.6 Å². The molecule has 0 amide bonds. The van der Waals surface area contributed by atoms with Gasteiger partial charge in [0.15, 0.2) is 5.82 Å². The molecule has 0 saturated carbocycles. The van der Waals surface area contributed by atoms with E-state index in [0.717, 1.165) is 0 Å². The predicted molar refractivity (Wildman–Crippen MR) is 33.6 cm³/mol. The number of nitrogen functional groups attached to an aromatic ring is 1. The Kier molecular flexibility index (Phi) is 1.91. The van der Waals surface area contributed by atoms with Gasteiger partial charge in [-0.05, 0) is 6.07 Å². The quantitative estimate of drug-likeness (QED) is 0.618. The van der Waals surface area contributed by atoms with Crippen molar-refractivity contribution in [3.63, 3.8) is 0 Å². The highest BCUT2D eigenvalue weighted by atomic mass is 19.4. The van der Waals surface area contributed by atoms with E-state index in [-0.39, 0.29) is 5.82 Å². The lowest BCUT2D eigenvalue weighted by atomic mass is 10.2. The summed E-state index contributed by atoms with van der Waals surface area (Å²) in [6.07, 6.45) is -4.28. The molecular formula is C6H4F4N2. The van der Waals surface area contributed by atoms with Crippen molar-refractivity contribution in [3.8, 4) is 0 Å². The SMILES string of the molecule is Nc1cc(C(F)(F)F)c(F)cn1. The zero-order valence-electron chi connectivity index (χ0n) is 5.69. The number of halogens is 4. The summed E-state index contributed by atoms with van der Waals surface area (Å²) in [6, 6.07) is 0.454. The van der Waals surface area contributed by atoms with Gasteiger partial charge in [-0.25, -0.2) is 9.37 Å². The average Bonchev–Trinajstić information content (AvgIpc) is 1.92. The number of aromatic nitrogens is 1. The molecule has 0 aliphatic rings. The number of nitrogens with zero attached hydrogens (tertiary/aromatic N) is 1. The highest BCUT2D eigenvalue weighted by Gasteiger charge is 2.34. The van der Waals surface area contributed by atoms with Gasteiger partial charge in [0.25, 0.3) is 0 Å². The summed E-state index contributed by atoms with van der Waals surface area (Å²) in [5.41, 5.74) is 3.55. The minimum Gasteiger partial charge on any atom is -0.384 e. The molecular weight excluding hydrogens is 176 g/mol. The zero-order valence-corrected chi connectivity index (χ0v) is 5.69. The van der Waals surface area contributed by atoms with Crippen LogP contribution in [0, 0.1) is 5.82 Å². The Labute approximate surface area is 65.0 Å². The molecule has 0 aliphatic heterocycles. The largest absolute Gasteiger partial charge is 0.419 e. The van der Waals surface area contributed by atoms with E-state index in [4.69, 9.17) is 5.73 Å². The van der Waals surface area contributed by atoms with Gasteiger partial charge in [-0.3, -0.25) is 0 Å². The second kappa shape index (κ2) is 2.62. The summed E-state index contributed by atoms with van der Waals surface area (Å²) in [5, 5.41) is 0. The highest BCUT2D eigenvalue weighted by Crippen LogP contribution is 2.31. The second-order valence-corrected chi connectivity index (χ2v) is 2.09. The standard InChI is InChI=1S/C6H4F4N2/c7-4-2-12-5(11)1-3(4)6(8,9)10/h1-2H,(H2,11,12). The number of hydrogen-bond donors (Lipinski definition) is 1. The maximum absolute atomic E-state index is 12.4. The zero-order chi connectivity index (χ0) is 9.35. The fourth-order valence-electron chi connectivity index (χ4n) is 0.672. The van der Waals surface area contributed by atoms with Gasteiger partial charge < -0.3 is 5.73 Å². The van der Waals surface area contributed by atoms with Gasteiger partial charge >= 0.3 is 6.18 Å². The van der Waals surface area contributed by atoms with Gasteiger partial charge in [-0.2, -0.15) is 13.2 Å². The molecule has 0 aromatic carbocycles. The molecule has 66 valence electrons.